The number of rotatable bonds is 4. The summed E-state index contributed by atoms with van der Waals surface area (Å²) in [5.41, 5.74) is -0.410. The molecule has 25 heavy (non-hydrogen) atoms. The molecule has 0 atom stereocenters. The highest BCUT2D eigenvalue weighted by molar-refractivity contribution is 6.43. The zero-order chi connectivity index (χ0) is 18.9. The summed E-state index contributed by atoms with van der Waals surface area (Å²) in [7, 11) is 0. The highest BCUT2D eigenvalue weighted by Crippen LogP contribution is 2.42. The second-order valence-electron chi connectivity index (χ2n) is 6.38. The van der Waals surface area contributed by atoms with Crippen molar-refractivity contribution in [3.05, 3.63) is 66.2 Å². The first-order chi connectivity index (χ1) is 11.5. The normalized spacial score (nSPS) is 11.2. The lowest BCUT2D eigenvalue weighted by Crippen LogP contribution is -2.15. The third kappa shape index (κ3) is 4.00. The minimum atomic E-state index is -0.664. The van der Waals surface area contributed by atoms with E-state index in [-0.39, 0.29) is 21.4 Å². The molecule has 0 radical (unpaired) electrons. The number of non-ortho nitro benzene ring substituents is 1. The Hall–Kier alpha value is -2.38. The van der Waals surface area contributed by atoms with Gasteiger partial charge < -0.3 is 5.32 Å². The lowest BCUT2D eigenvalue weighted by atomic mass is 9.84. The first-order valence-corrected chi connectivity index (χ1v) is 7.96. The summed E-state index contributed by atoms with van der Waals surface area (Å²) < 4.78 is 0. The Kier molecular flexibility index (Phi) is 5.20. The van der Waals surface area contributed by atoms with Crippen molar-refractivity contribution in [3.8, 4) is 0 Å². The number of nitro groups is 2. The van der Waals surface area contributed by atoms with Crippen LogP contribution in [0.4, 0.5) is 22.7 Å². The Morgan fingerprint density at radius 3 is 2.20 bits per heavy atom. The molecular formula is C16H15Cl2N3O4. The molecule has 2 aromatic carbocycles. The van der Waals surface area contributed by atoms with E-state index in [0.717, 1.165) is 6.07 Å². The van der Waals surface area contributed by atoms with Gasteiger partial charge in [-0.2, -0.15) is 0 Å². The van der Waals surface area contributed by atoms with E-state index in [1.165, 1.54) is 6.07 Å². The van der Waals surface area contributed by atoms with Gasteiger partial charge in [0, 0.05) is 6.07 Å². The van der Waals surface area contributed by atoms with E-state index >= 15 is 0 Å². The Morgan fingerprint density at radius 1 is 1.04 bits per heavy atom. The number of nitrogens with one attached hydrogen (secondary N) is 1. The summed E-state index contributed by atoms with van der Waals surface area (Å²) in [5.74, 6) is 0. The van der Waals surface area contributed by atoms with Crippen LogP contribution in [0.1, 0.15) is 26.3 Å². The Morgan fingerprint density at radius 2 is 1.68 bits per heavy atom. The zero-order valence-corrected chi connectivity index (χ0v) is 15.2. The molecule has 2 rings (SSSR count). The van der Waals surface area contributed by atoms with Crippen LogP contribution in [0.25, 0.3) is 0 Å². The number of anilines is 2. The number of nitrogens with zero attached hydrogens (tertiary/aromatic N) is 2. The summed E-state index contributed by atoms with van der Waals surface area (Å²) in [5, 5.41) is 26.1. The molecule has 2 aromatic rings. The van der Waals surface area contributed by atoms with Crippen LogP contribution in [-0.2, 0) is 5.41 Å². The average molecular weight is 384 g/mol. The molecule has 0 aliphatic rings. The summed E-state index contributed by atoms with van der Waals surface area (Å²) in [6.07, 6.45) is 0. The molecular weight excluding hydrogens is 369 g/mol. The monoisotopic (exact) mass is 383 g/mol. The molecule has 1 N–H and O–H groups in total. The van der Waals surface area contributed by atoms with Crippen LogP contribution in [0.15, 0.2) is 30.3 Å². The van der Waals surface area contributed by atoms with E-state index in [9.17, 15) is 20.2 Å². The molecule has 0 bridgehead atoms. The van der Waals surface area contributed by atoms with Crippen LogP contribution in [-0.4, -0.2) is 9.85 Å². The molecule has 0 saturated heterocycles. The quantitative estimate of drug-likeness (QED) is 0.527. The molecule has 0 aromatic heterocycles. The van der Waals surface area contributed by atoms with Gasteiger partial charge in [-0.3, -0.25) is 20.2 Å². The van der Waals surface area contributed by atoms with Gasteiger partial charge in [0.05, 0.1) is 31.6 Å². The van der Waals surface area contributed by atoms with Crippen molar-refractivity contribution in [1.82, 2.24) is 0 Å². The molecule has 0 aliphatic heterocycles. The minimum Gasteiger partial charge on any atom is -0.348 e. The van der Waals surface area contributed by atoms with Gasteiger partial charge in [-0.05, 0) is 23.1 Å². The lowest BCUT2D eigenvalue weighted by Gasteiger charge is -2.23. The minimum absolute atomic E-state index is 0.146. The van der Waals surface area contributed by atoms with Gasteiger partial charge in [0.2, 0.25) is 0 Å². The largest absolute Gasteiger partial charge is 0.348 e. The molecule has 0 fully saturated rings. The molecule has 0 spiro atoms. The second-order valence-corrected chi connectivity index (χ2v) is 7.16. The van der Waals surface area contributed by atoms with Crippen molar-refractivity contribution in [1.29, 1.82) is 0 Å². The summed E-state index contributed by atoms with van der Waals surface area (Å²) >= 11 is 12.1. The van der Waals surface area contributed by atoms with Crippen molar-refractivity contribution < 1.29 is 9.85 Å². The number of hydrogen-bond acceptors (Lipinski definition) is 5. The summed E-state index contributed by atoms with van der Waals surface area (Å²) in [6, 6.07) is 7.10. The topological polar surface area (TPSA) is 98.3 Å². The number of halogens is 2. The van der Waals surface area contributed by atoms with E-state index in [2.05, 4.69) is 5.32 Å². The zero-order valence-electron chi connectivity index (χ0n) is 13.7. The molecule has 0 saturated carbocycles. The van der Waals surface area contributed by atoms with Crippen molar-refractivity contribution in [2.24, 2.45) is 0 Å². The van der Waals surface area contributed by atoms with Crippen molar-refractivity contribution in [2.75, 3.05) is 5.32 Å². The predicted octanol–water partition coefficient (Wildman–Crippen LogP) is 5.85. The molecule has 9 heteroatoms. The Bertz CT molecular complexity index is 863. The SMILES string of the molecule is CC(C)(C)c1cc([N+](=O)[O-])cc([N+](=O)[O-])c1Nc1cccc(Cl)c1Cl. The lowest BCUT2D eigenvalue weighted by molar-refractivity contribution is -0.393. The van der Waals surface area contributed by atoms with Crippen molar-refractivity contribution in [3.63, 3.8) is 0 Å². The molecule has 0 amide bonds. The number of nitro benzene ring substituents is 2. The average Bonchev–Trinajstić information content (AvgIpc) is 2.50. The third-order valence-corrected chi connectivity index (χ3v) is 4.35. The smallest absolute Gasteiger partial charge is 0.299 e. The van der Waals surface area contributed by atoms with Crippen molar-refractivity contribution >= 4 is 46.0 Å². The van der Waals surface area contributed by atoms with Crippen LogP contribution in [0, 0.1) is 20.2 Å². The van der Waals surface area contributed by atoms with Gasteiger partial charge in [-0.25, -0.2) is 0 Å². The van der Waals surface area contributed by atoms with Gasteiger partial charge >= 0.3 is 0 Å². The molecule has 0 aliphatic carbocycles. The van der Waals surface area contributed by atoms with E-state index in [1.807, 2.05) is 0 Å². The van der Waals surface area contributed by atoms with Gasteiger partial charge in [-0.1, -0.05) is 50.0 Å². The molecule has 0 heterocycles. The van der Waals surface area contributed by atoms with E-state index < -0.39 is 20.9 Å². The standard InChI is InChI=1S/C16H15Cl2N3O4/c1-16(2,3)10-7-9(20(22)23)8-13(21(24)25)15(10)19-12-6-4-5-11(17)14(12)18/h4-8,19H,1-3H3. The Balaban J connectivity index is 2.75. The molecule has 0 unspecified atom stereocenters. The van der Waals surface area contributed by atoms with Gasteiger partial charge in [0.1, 0.15) is 5.69 Å². The van der Waals surface area contributed by atoms with Gasteiger partial charge in [0.25, 0.3) is 11.4 Å². The fraction of sp³-hybridized carbons (Fsp3) is 0.250. The number of benzene rings is 2. The maximum absolute atomic E-state index is 11.5. The highest BCUT2D eigenvalue weighted by atomic mass is 35.5. The first kappa shape index (κ1) is 19.0. The fourth-order valence-corrected chi connectivity index (χ4v) is 2.67. The van der Waals surface area contributed by atoms with E-state index in [0.29, 0.717) is 11.3 Å². The third-order valence-electron chi connectivity index (χ3n) is 3.53. The second kappa shape index (κ2) is 6.85. The van der Waals surface area contributed by atoms with Crippen LogP contribution in [0.3, 0.4) is 0 Å². The molecule has 7 nitrogen and oxygen atoms in total. The maximum atomic E-state index is 11.5. The van der Waals surface area contributed by atoms with Crippen LogP contribution < -0.4 is 5.32 Å². The molecule has 132 valence electrons. The van der Waals surface area contributed by atoms with E-state index in [1.54, 1.807) is 39.0 Å². The van der Waals surface area contributed by atoms with Gasteiger partial charge in [0.15, 0.2) is 0 Å². The number of hydrogen-bond donors (Lipinski definition) is 1. The van der Waals surface area contributed by atoms with Gasteiger partial charge in [-0.15, -0.1) is 0 Å². The fourth-order valence-electron chi connectivity index (χ4n) is 2.32. The Labute approximate surface area is 153 Å². The van der Waals surface area contributed by atoms with Crippen LogP contribution >= 0.6 is 23.2 Å². The first-order valence-electron chi connectivity index (χ1n) is 7.20. The van der Waals surface area contributed by atoms with E-state index in [4.69, 9.17) is 23.2 Å². The van der Waals surface area contributed by atoms with Crippen LogP contribution in [0.2, 0.25) is 10.0 Å². The predicted molar refractivity (Wildman–Crippen MR) is 98.2 cm³/mol. The maximum Gasteiger partial charge on any atom is 0.299 e. The summed E-state index contributed by atoms with van der Waals surface area (Å²) in [4.78, 5) is 21.3. The van der Waals surface area contributed by atoms with Crippen LogP contribution in [0.5, 0.6) is 0 Å². The highest BCUT2D eigenvalue weighted by Gasteiger charge is 2.30. The van der Waals surface area contributed by atoms with Crippen molar-refractivity contribution in [2.45, 2.75) is 26.2 Å². The summed E-state index contributed by atoms with van der Waals surface area (Å²) in [6.45, 7) is 5.42.